The number of halogens is 1. The minimum Gasteiger partial charge on any atom is -0.508 e. The van der Waals surface area contributed by atoms with Gasteiger partial charge in [0.2, 0.25) is 0 Å². The van der Waals surface area contributed by atoms with Gasteiger partial charge in [-0.1, -0.05) is 63.1 Å². The molecule has 0 radical (unpaired) electrons. The van der Waals surface area contributed by atoms with E-state index in [1.165, 1.54) is 10.4 Å². The molecule has 2 aromatic carbocycles. The summed E-state index contributed by atoms with van der Waals surface area (Å²) in [4.78, 5) is 14.6. The minimum absolute atomic E-state index is 0.0552. The third-order valence-electron chi connectivity index (χ3n) is 7.81. The number of phenols is 1. The van der Waals surface area contributed by atoms with Crippen molar-refractivity contribution >= 4 is 33.8 Å². The maximum absolute atomic E-state index is 13.2. The lowest BCUT2D eigenvalue weighted by Gasteiger charge is -2.36. The molecule has 1 aliphatic carbocycles. The van der Waals surface area contributed by atoms with Crippen LogP contribution in [0.5, 0.6) is 5.75 Å². The van der Waals surface area contributed by atoms with Crippen molar-refractivity contribution in [2.75, 3.05) is 5.32 Å². The Morgan fingerprint density at radius 1 is 1.18 bits per heavy atom. The van der Waals surface area contributed by atoms with Crippen LogP contribution < -0.4 is 10.6 Å². The highest BCUT2D eigenvalue weighted by atomic mass is 35.5. The van der Waals surface area contributed by atoms with Gasteiger partial charge < -0.3 is 15.7 Å². The van der Waals surface area contributed by atoms with Crippen LogP contribution in [-0.2, 0) is 19.3 Å². The zero-order valence-electron chi connectivity index (χ0n) is 19.9. The number of hydrogen-bond donors (Lipinski definition) is 3. The fourth-order valence-electron chi connectivity index (χ4n) is 5.22. The first-order chi connectivity index (χ1) is 16.3. The number of thiophene rings is 1. The molecule has 2 heterocycles. The molecular formula is C28H31ClN2O2S. The third kappa shape index (κ3) is 4.20. The van der Waals surface area contributed by atoms with E-state index in [1.54, 1.807) is 17.4 Å². The highest BCUT2D eigenvalue weighted by Gasteiger charge is 2.37. The zero-order chi connectivity index (χ0) is 24.0. The second-order valence-electron chi connectivity index (χ2n) is 10.2. The van der Waals surface area contributed by atoms with Crippen molar-refractivity contribution in [3.05, 3.63) is 80.2 Å². The molecule has 0 unspecified atom stereocenters. The van der Waals surface area contributed by atoms with E-state index in [2.05, 4.69) is 31.4 Å². The number of phenolic OH excluding ortho intramolecular Hbond substituents is 1. The smallest absolute Gasteiger partial charge is 0.256 e. The molecule has 3 aromatic rings. The summed E-state index contributed by atoms with van der Waals surface area (Å²) in [5, 5.41) is 18.9. The lowest BCUT2D eigenvalue weighted by molar-refractivity contribution is 0.0934. The molecule has 0 spiro atoms. The summed E-state index contributed by atoms with van der Waals surface area (Å²) < 4.78 is 0. The number of benzene rings is 2. The second-order valence-corrected chi connectivity index (χ2v) is 11.7. The van der Waals surface area contributed by atoms with Crippen LogP contribution in [0.3, 0.4) is 0 Å². The molecule has 1 amide bonds. The van der Waals surface area contributed by atoms with Gasteiger partial charge in [-0.3, -0.25) is 4.79 Å². The summed E-state index contributed by atoms with van der Waals surface area (Å²) in [7, 11) is 0. The molecule has 178 valence electrons. The largest absolute Gasteiger partial charge is 0.508 e. The normalized spacial score (nSPS) is 19.7. The topological polar surface area (TPSA) is 61.4 Å². The molecule has 4 nitrogen and oxygen atoms in total. The van der Waals surface area contributed by atoms with Gasteiger partial charge in [0.1, 0.15) is 16.9 Å². The standard InChI is InChI=1S/C28H31ClN2O2S/c1-4-28(2,3)18-10-11-19-23(15-18)34-27-24(19)26(33)30-25(31-27)20-14-16(9-12-22(20)32)13-17-7-5-6-8-21(17)29/h5-9,12,14,18,25,31-32H,4,10-11,13,15H2,1-3H3,(H,30,33)/t18-,25-/m0/s1. The number of rotatable bonds is 5. The molecule has 0 saturated heterocycles. The quantitative estimate of drug-likeness (QED) is 0.354. The Labute approximate surface area is 210 Å². The van der Waals surface area contributed by atoms with Crippen LogP contribution in [-0.4, -0.2) is 11.0 Å². The van der Waals surface area contributed by atoms with Gasteiger partial charge in [0, 0.05) is 15.5 Å². The van der Waals surface area contributed by atoms with Crippen molar-refractivity contribution in [1.29, 1.82) is 0 Å². The molecule has 3 N–H and O–H groups in total. The number of nitrogens with one attached hydrogen (secondary N) is 2. The van der Waals surface area contributed by atoms with Gasteiger partial charge in [-0.05, 0) is 71.9 Å². The Bertz CT molecular complexity index is 1250. The van der Waals surface area contributed by atoms with E-state index in [4.69, 9.17) is 11.6 Å². The Morgan fingerprint density at radius 3 is 2.74 bits per heavy atom. The molecule has 6 heteroatoms. The van der Waals surface area contributed by atoms with Crippen LogP contribution in [0.25, 0.3) is 0 Å². The van der Waals surface area contributed by atoms with Gasteiger partial charge >= 0.3 is 0 Å². The SMILES string of the molecule is CCC(C)(C)[C@H]1CCc2c(sc3c2C(=O)N[C@H](c2cc(Cc4ccccc4Cl)ccc2O)N3)C1. The van der Waals surface area contributed by atoms with E-state index in [0.717, 1.165) is 52.4 Å². The van der Waals surface area contributed by atoms with E-state index in [9.17, 15) is 9.90 Å². The Hall–Kier alpha value is -2.50. The van der Waals surface area contributed by atoms with Crippen molar-refractivity contribution in [1.82, 2.24) is 5.32 Å². The van der Waals surface area contributed by atoms with Crippen molar-refractivity contribution in [2.45, 2.75) is 59.0 Å². The Kier molecular flexibility index (Phi) is 6.11. The van der Waals surface area contributed by atoms with Crippen molar-refractivity contribution in [3.8, 4) is 5.75 Å². The number of fused-ring (bicyclic) bond motifs is 3. The molecule has 0 bridgehead atoms. The summed E-state index contributed by atoms with van der Waals surface area (Å²) in [5.41, 5.74) is 5.03. The Morgan fingerprint density at radius 2 is 1.97 bits per heavy atom. The molecule has 5 rings (SSSR count). The van der Waals surface area contributed by atoms with E-state index >= 15 is 0 Å². The minimum atomic E-state index is -0.478. The summed E-state index contributed by atoms with van der Waals surface area (Å²) in [5.74, 6) is 0.741. The fourth-order valence-corrected chi connectivity index (χ4v) is 6.77. The van der Waals surface area contributed by atoms with Crippen LogP contribution in [0.4, 0.5) is 5.00 Å². The van der Waals surface area contributed by atoms with Gasteiger partial charge in [0.25, 0.3) is 5.91 Å². The lowest BCUT2D eigenvalue weighted by atomic mass is 9.69. The number of anilines is 1. The van der Waals surface area contributed by atoms with Gasteiger partial charge in [-0.2, -0.15) is 0 Å². The van der Waals surface area contributed by atoms with E-state index in [1.807, 2.05) is 36.4 Å². The first kappa shape index (κ1) is 23.3. The average molecular weight is 495 g/mol. The molecule has 1 aliphatic heterocycles. The maximum atomic E-state index is 13.2. The number of hydrogen-bond acceptors (Lipinski definition) is 4. The average Bonchev–Trinajstić information content (AvgIpc) is 3.20. The number of amides is 1. The highest BCUT2D eigenvalue weighted by Crippen LogP contribution is 2.47. The van der Waals surface area contributed by atoms with Crippen molar-refractivity contribution < 1.29 is 9.90 Å². The molecule has 0 saturated carbocycles. The molecule has 2 atom stereocenters. The van der Waals surface area contributed by atoms with Gasteiger partial charge in [0.15, 0.2) is 0 Å². The Balaban J connectivity index is 1.42. The van der Waals surface area contributed by atoms with E-state index < -0.39 is 6.17 Å². The number of aromatic hydroxyl groups is 1. The van der Waals surface area contributed by atoms with Crippen LogP contribution in [0.2, 0.25) is 5.02 Å². The second kappa shape index (κ2) is 8.94. The monoisotopic (exact) mass is 494 g/mol. The van der Waals surface area contributed by atoms with Crippen molar-refractivity contribution in [3.63, 3.8) is 0 Å². The third-order valence-corrected chi connectivity index (χ3v) is 9.37. The van der Waals surface area contributed by atoms with Crippen LogP contribution >= 0.6 is 22.9 Å². The number of carbonyl (C=O) groups is 1. The molecule has 0 fully saturated rings. The van der Waals surface area contributed by atoms with Crippen LogP contribution in [0.15, 0.2) is 42.5 Å². The van der Waals surface area contributed by atoms with Gasteiger partial charge in [0.05, 0.1) is 5.56 Å². The lowest BCUT2D eigenvalue weighted by Crippen LogP contribution is -2.38. The predicted molar refractivity (Wildman–Crippen MR) is 140 cm³/mol. The van der Waals surface area contributed by atoms with E-state index in [-0.39, 0.29) is 11.7 Å². The predicted octanol–water partition coefficient (Wildman–Crippen LogP) is 7.09. The molecular weight excluding hydrogens is 464 g/mol. The first-order valence-corrected chi connectivity index (χ1v) is 13.2. The molecule has 34 heavy (non-hydrogen) atoms. The molecule has 2 aliphatic rings. The van der Waals surface area contributed by atoms with Crippen LogP contribution in [0, 0.1) is 11.3 Å². The first-order valence-electron chi connectivity index (χ1n) is 12.0. The summed E-state index contributed by atoms with van der Waals surface area (Å²) in [6.45, 7) is 6.98. The van der Waals surface area contributed by atoms with Gasteiger partial charge in [-0.15, -0.1) is 11.3 Å². The van der Waals surface area contributed by atoms with Crippen LogP contribution in [0.1, 0.15) is 77.3 Å². The number of carbonyl (C=O) groups excluding carboxylic acids is 1. The summed E-state index contributed by atoms with van der Waals surface area (Å²) in [6, 6.07) is 13.3. The fraction of sp³-hybridized carbons (Fsp3) is 0.393. The van der Waals surface area contributed by atoms with Crippen molar-refractivity contribution in [2.24, 2.45) is 11.3 Å². The summed E-state index contributed by atoms with van der Waals surface area (Å²) >= 11 is 8.06. The maximum Gasteiger partial charge on any atom is 0.256 e. The zero-order valence-corrected chi connectivity index (χ0v) is 21.4. The highest BCUT2D eigenvalue weighted by molar-refractivity contribution is 7.16. The van der Waals surface area contributed by atoms with E-state index in [0.29, 0.717) is 23.3 Å². The summed E-state index contributed by atoms with van der Waals surface area (Å²) in [6.07, 6.45) is 4.44. The molecule has 1 aromatic heterocycles. The van der Waals surface area contributed by atoms with Gasteiger partial charge in [-0.25, -0.2) is 0 Å².